The lowest BCUT2D eigenvalue weighted by atomic mass is 10.1. The molecule has 0 saturated carbocycles. The maximum atomic E-state index is 13.7. The SMILES string of the molecule is Cc1c(F)cc(CO)cc1S(=O)(=O)NCc1cn[nH]c1. The van der Waals surface area contributed by atoms with Gasteiger partial charge in [-0.25, -0.2) is 17.5 Å². The molecule has 108 valence electrons. The summed E-state index contributed by atoms with van der Waals surface area (Å²) in [5.41, 5.74) is 0.878. The Balaban J connectivity index is 2.31. The molecule has 1 aromatic heterocycles. The first-order valence-corrected chi connectivity index (χ1v) is 7.29. The number of hydrogen-bond acceptors (Lipinski definition) is 4. The van der Waals surface area contributed by atoms with E-state index in [9.17, 15) is 12.8 Å². The van der Waals surface area contributed by atoms with Crippen LogP contribution >= 0.6 is 0 Å². The number of nitrogens with zero attached hydrogens (tertiary/aromatic N) is 1. The van der Waals surface area contributed by atoms with Crippen LogP contribution in [0.4, 0.5) is 4.39 Å². The van der Waals surface area contributed by atoms with Crippen molar-refractivity contribution >= 4 is 10.0 Å². The molecular formula is C12H14FN3O3S. The molecule has 1 aromatic carbocycles. The van der Waals surface area contributed by atoms with Crippen molar-refractivity contribution in [2.75, 3.05) is 0 Å². The predicted octanol–water partition coefficient (Wildman–Crippen LogP) is 0.828. The second kappa shape index (κ2) is 5.70. The van der Waals surface area contributed by atoms with Crippen molar-refractivity contribution in [3.63, 3.8) is 0 Å². The Morgan fingerprint density at radius 1 is 1.40 bits per heavy atom. The van der Waals surface area contributed by atoms with E-state index in [0.717, 1.165) is 6.07 Å². The molecule has 2 rings (SSSR count). The minimum absolute atomic E-state index is 0.0156. The molecule has 0 amide bonds. The van der Waals surface area contributed by atoms with Gasteiger partial charge in [0.05, 0.1) is 17.7 Å². The minimum atomic E-state index is -3.86. The normalized spacial score (nSPS) is 11.8. The van der Waals surface area contributed by atoms with E-state index in [2.05, 4.69) is 14.9 Å². The molecule has 0 atom stereocenters. The van der Waals surface area contributed by atoms with Gasteiger partial charge in [-0.15, -0.1) is 0 Å². The molecular weight excluding hydrogens is 285 g/mol. The summed E-state index contributed by atoms with van der Waals surface area (Å²) in [4.78, 5) is -0.176. The number of halogens is 1. The van der Waals surface area contributed by atoms with E-state index in [1.165, 1.54) is 19.2 Å². The third-order valence-corrected chi connectivity index (χ3v) is 4.38. The van der Waals surface area contributed by atoms with Gasteiger partial charge in [0, 0.05) is 23.9 Å². The summed E-state index contributed by atoms with van der Waals surface area (Å²) in [5.74, 6) is -0.666. The molecule has 8 heteroatoms. The Morgan fingerprint density at radius 3 is 2.75 bits per heavy atom. The number of rotatable bonds is 5. The first-order chi connectivity index (χ1) is 9.44. The maximum Gasteiger partial charge on any atom is 0.241 e. The van der Waals surface area contributed by atoms with E-state index in [4.69, 9.17) is 5.11 Å². The zero-order valence-electron chi connectivity index (χ0n) is 10.7. The molecule has 0 bridgehead atoms. The van der Waals surface area contributed by atoms with Crippen LogP contribution in [0.5, 0.6) is 0 Å². The molecule has 0 saturated heterocycles. The predicted molar refractivity (Wildman–Crippen MR) is 69.7 cm³/mol. The van der Waals surface area contributed by atoms with E-state index in [1.807, 2.05) is 0 Å². The lowest BCUT2D eigenvalue weighted by Gasteiger charge is -2.11. The number of aromatic amines is 1. The van der Waals surface area contributed by atoms with Gasteiger partial charge in [-0.05, 0) is 24.6 Å². The average molecular weight is 299 g/mol. The summed E-state index contributed by atoms with van der Waals surface area (Å²) in [6.45, 7) is 0.994. The summed E-state index contributed by atoms with van der Waals surface area (Å²) >= 11 is 0. The fourth-order valence-corrected chi connectivity index (χ4v) is 3.03. The largest absolute Gasteiger partial charge is 0.392 e. The summed E-state index contributed by atoms with van der Waals surface area (Å²) in [7, 11) is -3.86. The van der Waals surface area contributed by atoms with E-state index < -0.39 is 22.4 Å². The van der Waals surface area contributed by atoms with Gasteiger partial charge in [0.25, 0.3) is 0 Å². The molecule has 1 heterocycles. The number of aromatic nitrogens is 2. The smallest absolute Gasteiger partial charge is 0.241 e. The Morgan fingerprint density at radius 2 is 2.15 bits per heavy atom. The zero-order chi connectivity index (χ0) is 14.8. The van der Waals surface area contributed by atoms with Crippen LogP contribution in [0.25, 0.3) is 0 Å². The lowest BCUT2D eigenvalue weighted by Crippen LogP contribution is -2.24. The molecule has 20 heavy (non-hydrogen) atoms. The Hall–Kier alpha value is -1.77. The first kappa shape index (κ1) is 14.6. The minimum Gasteiger partial charge on any atom is -0.392 e. The van der Waals surface area contributed by atoms with Gasteiger partial charge in [-0.3, -0.25) is 5.10 Å². The Labute approximate surface area is 115 Å². The average Bonchev–Trinajstić information content (AvgIpc) is 2.92. The second-order valence-corrected chi connectivity index (χ2v) is 6.03. The van der Waals surface area contributed by atoms with Crippen LogP contribution in [-0.2, 0) is 23.2 Å². The lowest BCUT2D eigenvalue weighted by molar-refractivity contribution is 0.281. The van der Waals surface area contributed by atoms with Crippen molar-refractivity contribution in [3.8, 4) is 0 Å². The van der Waals surface area contributed by atoms with Crippen molar-refractivity contribution in [2.45, 2.75) is 25.0 Å². The van der Waals surface area contributed by atoms with Gasteiger partial charge in [0.15, 0.2) is 0 Å². The zero-order valence-corrected chi connectivity index (χ0v) is 11.5. The highest BCUT2D eigenvalue weighted by molar-refractivity contribution is 7.89. The third-order valence-electron chi connectivity index (χ3n) is 2.85. The fraction of sp³-hybridized carbons (Fsp3) is 0.250. The van der Waals surface area contributed by atoms with Crippen LogP contribution in [0.2, 0.25) is 0 Å². The number of hydrogen-bond donors (Lipinski definition) is 3. The van der Waals surface area contributed by atoms with Crippen LogP contribution in [0.3, 0.4) is 0 Å². The number of benzene rings is 1. The molecule has 3 N–H and O–H groups in total. The van der Waals surface area contributed by atoms with Crippen molar-refractivity contribution in [3.05, 3.63) is 47.0 Å². The van der Waals surface area contributed by atoms with Gasteiger partial charge in [-0.2, -0.15) is 5.10 Å². The highest BCUT2D eigenvalue weighted by Gasteiger charge is 2.20. The molecule has 0 unspecified atom stereocenters. The van der Waals surface area contributed by atoms with Crippen molar-refractivity contribution in [1.29, 1.82) is 0 Å². The quantitative estimate of drug-likeness (QED) is 0.762. The van der Waals surface area contributed by atoms with Crippen molar-refractivity contribution < 1.29 is 17.9 Å². The Bertz CT molecular complexity index is 699. The van der Waals surface area contributed by atoms with Gasteiger partial charge in [0.1, 0.15) is 5.82 Å². The monoisotopic (exact) mass is 299 g/mol. The van der Waals surface area contributed by atoms with Crippen molar-refractivity contribution in [1.82, 2.24) is 14.9 Å². The highest BCUT2D eigenvalue weighted by atomic mass is 32.2. The molecule has 0 spiro atoms. The summed E-state index contributed by atoms with van der Waals surface area (Å²) < 4.78 is 40.4. The molecule has 0 aliphatic carbocycles. The van der Waals surface area contributed by atoms with Crippen LogP contribution < -0.4 is 4.72 Å². The van der Waals surface area contributed by atoms with Crippen LogP contribution in [-0.4, -0.2) is 23.7 Å². The van der Waals surface area contributed by atoms with E-state index in [0.29, 0.717) is 5.56 Å². The van der Waals surface area contributed by atoms with Gasteiger partial charge in [0.2, 0.25) is 10.0 Å². The number of nitrogens with one attached hydrogen (secondary N) is 2. The van der Waals surface area contributed by atoms with Gasteiger partial charge in [-0.1, -0.05) is 0 Å². The summed E-state index contributed by atoms with van der Waals surface area (Å²) in [6, 6.07) is 2.38. The van der Waals surface area contributed by atoms with Gasteiger partial charge >= 0.3 is 0 Å². The molecule has 0 aliphatic heterocycles. The third kappa shape index (κ3) is 3.03. The van der Waals surface area contributed by atoms with Crippen LogP contribution in [0.15, 0.2) is 29.4 Å². The number of H-pyrrole nitrogens is 1. The number of aliphatic hydroxyl groups is 1. The fourth-order valence-electron chi connectivity index (χ4n) is 1.71. The Kier molecular flexibility index (Phi) is 4.17. The van der Waals surface area contributed by atoms with Crippen LogP contribution in [0.1, 0.15) is 16.7 Å². The second-order valence-electron chi connectivity index (χ2n) is 4.29. The molecule has 6 nitrogen and oxygen atoms in total. The summed E-state index contributed by atoms with van der Waals surface area (Å²) in [5, 5.41) is 15.3. The maximum absolute atomic E-state index is 13.7. The van der Waals surface area contributed by atoms with Crippen LogP contribution in [0, 0.1) is 12.7 Å². The topological polar surface area (TPSA) is 95.1 Å². The van der Waals surface area contributed by atoms with E-state index in [-0.39, 0.29) is 22.6 Å². The van der Waals surface area contributed by atoms with E-state index >= 15 is 0 Å². The van der Waals surface area contributed by atoms with E-state index in [1.54, 1.807) is 6.20 Å². The number of aliphatic hydroxyl groups excluding tert-OH is 1. The molecule has 0 radical (unpaired) electrons. The molecule has 0 aliphatic rings. The standard InChI is InChI=1S/C12H14FN3O3S/c1-8-11(13)2-9(7-17)3-12(8)20(18,19)16-6-10-4-14-15-5-10/h2-5,16-17H,6-7H2,1H3,(H,14,15). The number of sulfonamides is 1. The first-order valence-electron chi connectivity index (χ1n) is 5.81. The summed E-state index contributed by atoms with van der Waals surface area (Å²) in [6.07, 6.45) is 3.04. The molecule has 2 aromatic rings. The van der Waals surface area contributed by atoms with Crippen molar-refractivity contribution in [2.24, 2.45) is 0 Å². The van der Waals surface area contributed by atoms with Gasteiger partial charge < -0.3 is 5.11 Å². The molecule has 0 fully saturated rings. The highest BCUT2D eigenvalue weighted by Crippen LogP contribution is 2.20.